The van der Waals surface area contributed by atoms with Gasteiger partial charge < -0.3 is 15.4 Å². The Morgan fingerprint density at radius 3 is 2.38 bits per heavy atom. The highest BCUT2D eigenvalue weighted by Gasteiger charge is 2.24. The molecule has 0 aromatic carbocycles. The minimum atomic E-state index is -0.903. The van der Waals surface area contributed by atoms with Gasteiger partial charge in [-0.25, -0.2) is 4.79 Å². The average molecular weight is 186 g/mol. The molecule has 1 saturated heterocycles. The number of hydrogen-bond donors (Lipinski definition) is 1. The maximum atomic E-state index is 11.5. The molecule has 0 unspecified atom stereocenters. The lowest BCUT2D eigenvalue weighted by Gasteiger charge is -2.19. The Morgan fingerprint density at radius 2 is 1.92 bits per heavy atom. The first-order chi connectivity index (χ1) is 6.11. The van der Waals surface area contributed by atoms with Crippen molar-refractivity contribution >= 4 is 12.0 Å². The lowest BCUT2D eigenvalue weighted by molar-refractivity contribution is -0.138. The molecule has 5 nitrogen and oxygen atoms in total. The Morgan fingerprint density at radius 1 is 1.38 bits per heavy atom. The van der Waals surface area contributed by atoms with Gasteiger partial charge in [-0.05, 0) is 19.8 Å². The zero-order valence-electron chi connectivity index (χ0n) is 7.66. The highest BCUT2D eigenvalue weighted by atomic mass is 16.6. The zero-order valence-corrected chi connectivity index (χ0v) is 7.66. The molecule has 0 bridgehead atoms. The predicted molar refractivity (Wildman–Crippen MR) is 45.9 cm³/mol. The summed E-state index contributed by atoms with van der Waals surface area (Å²) in [4.78, 5) is 23.5. The summed E-state index contributed by atoms with van der Waals surface area (Å²) >= 11 is 0. The van der Waals surface area contributed by atoms with Gasteiger partial charge in [0.25, 0.3) is 5.91 Å². The van der Waals surface area contributed by atoms with Crippen LogP contribution in [0.3, 0.4) is 0 Å². The van der Waals surface area contributed by atoms with Gasteiger partial charge in [-0.15, -0.1) is 0 Å². The van der Waals surface area contributed by atoms with E-state index in [0.29, 0.717) is 0 Å². The number of nitrogens with zero attached hydrogens (tertiary/aromatic N) is 1. The Kier molecular flexibility index (Phi) is 3.11. The van der Waals surface area contributed by atoms with Crippen LogP contribution in [-0.2, 0) is 9.53 Å². The van der Waals surface area contributed by atoms with Crippen LogP contribution >= 0.6 is 0 Å². The first-order valence-electron chi connectivity index (χ1n) is 4.36. The molecule has 1 aliphatic heterocycles. The van der Waals surface area contributed by atoms with Crippen LogP contribution in [0, 0.1) is 0 Å². The van der Waals surface area contributed by atoms with Crippen molar-refractivity contribution in [2.24, 2.45) is 5.73 Å². The number of amides is 2. The molecule has 0 spiro atoms. The topological polar surface area (TPSA) is 72.6 Å². The highest BCUT2D eigenvalue weighted by molar-refractivity contribution is 5.83. The third kappa shape index (κ3) is 2.61. The molecule has 13 heavy (non-hydrogen) atoms. The fourth-order valence-electron chi connectivity index (χ4n) is 1.42. The van der Waals surface area contributed by atoms with E-state index < -0.39 is 12.2 Å². The monoisotopic (exact) mass is 186 g/mol. The van der Waals surface area contributed by atoms with E-state index in [2.05, 4.69) is 4.74 Å². The number of rotatable bonds is 2. The van der Waals surface area contributed by atoms with Crippen LogP contribution in [0.1, 0.15) is 19.8 Å². The Hall–Kier alpha value is -1.26. The summed E-state index contributed by atoms with van der Waals surface area (Å²) in [6, 6.07) is 0. The van der Waals surface area contributed by atoms with Crippen LogP contribution < -0.4 is 5.73 Å². The first-order valence-corrected chi connectivity index (χ1v) is 4.36. The van der Waals surface area contributed by atoms with Crippen molar-refractivity contribution in [2.75, 3.05) is 13.1 Å². The molecule has 0 aromatic rings. The van der Waals surface area contributed by atoms with Gasteiger partial charge in [0.1, 0.15) is 0 Å². The number of carbonyl (C=O) groups excluding carboxylic acids is 2. The summed E-state index contributed by atoms with van der Waals surface area (Å²) in [6.45, 7) is 3.04. The van der Waals surface area contributed by atoms with Gasteiger partial charge in [-0.1, -0.05) is 0 Å². The van der Waals surface area contributed by atoms with E-state index in [0.717, 1.165) is 25.9 Å². The molecule has 0 aromatic heterocycles. The number of likely N-dealkylation sites (tertiary alicyclic amines) is 1. The van der Waals surface area contributed by atoms with Crippen LogP contribution in [0.25, 0.3) is 0 Å². The summed E-state index contributed by atoms with van der Waals surface area (Å²) in [5, 5.41) is 0. The predicted octanol–water partition coefficient (Wildman–Crippen LogP) is 0.0926. The standard InChI is InChI=1S/C8H14N2O3/c1-6(13-8(9)12)7(11)10-4-2-3-5-10/h6H,2-5H2,1H3,(H2,9,12)/t6-/m0/s1. The SMILES string of the molecule is C[C@H](OC(N)=O)C(=O)N1CCCC1. The summed E-state index contributed by atoms with van der Waals surface area (Å²) < 4.78 is 4.57. The number of primary amides is 1. The molecule has 5 heteroatoms. The van der Waals surface area contributed by atoms with E-state index in [1.54, 1.807) is 4.90 Å². The fraction of sp³-hybridized carbons (Fsp3) is 0.750. The Labute approximate surface area is 76.8 Å². The molecule has 74 valence electrons. The Bertz CT molecular complexity index is 211. The van der Waals surface area contributed by atoms with Gasteiger partial charge in [-0.2, -0.15) is 0 Å². The normalized spacial score (nSPS) is 18.4. The number of nitrogens with two attached hydrogens (primary N) is 1. The van der Waals surface area contributed by atoms with Crippen molar-refractivity contribution in [1.29, 1.82) is 0 Å². The third-order valence-corrected chi connectivity index (χ3v) is 2.06. The van der Waals surface area contributed by atoms with Gasteiger partial charge in [0, 0.05) is 13.1 Å². The van der Waals surface area contributed by atoms with Gasteiger partial charge >= 0.3 is 6.09 Å². The third-order valence-electron chi connectivity index (χ3n) is 2.06. The highest BCUT2D eigenvalue weighted by Crippen LogP contribution is 2.10. The number of carbonyl (C=O) groups is 2. The first kappa shape index (κ1) is 9.83. The Balaban J connectivity index is 2.41. The minimum Gasteiger partial charge on any atom is -0.437 e. The quantitative estimate of drug-likeness (QED) is 0.664. The van der Waals surface area contributed by atoms with Crippen LogP contribution in [0.2, 0.25) is 0 Å². The summed E-state index contributed by atoms with van der Waals surface area (Å²) in [5.41, 5.74) is 4.80. The summed E-state index contributed by atoms with van der Waals surface area (Å²) in [5.74, 6) is -0.156. The number of hydrogen-bond acceptors (Lipinski definition) is 3. The molecule has 0 radical (unpaired) electrons. The second-order valence-corrected chi connectivity index (χ2v) is 3.11. The molecule has 1 rings (SSSR count). The van der Waals surface area contributed by atoms with Crippen LogP contribution in [0.4, 0.5) is 4.79 Å². The van der Waals surface area contributed by atoms with Crippen LogP contribution in [0.5, 0.6) is 0 Å². The van der Waals surface area contributed by atoms with Crippen LogP contribution in [0.15, 0.2) is 0 Å². The molecule has 2 amide bonds. The number of ether oxygens (including phenoxy) is 1. The molecular weight excluding hydrogens is 172 g/mol. The van der Waals surface area contributed by atoms with Crippen molar-refractivity contribution in [1.82, 2.24) is 4.90 Å². The molecule has 0 saturated carbocycles. The van der Waals surface area contributed by atoms with Gasteiger partial charge in [0.05, 0.1) is 0 Å². The van der Waals surface area contributed by atoms with Crippen molar-refractivity contribution in [3.8, 4) is 0 Å². The second kappa shape index (κ2) is 4.11. The molecule has 0 aliphatic carbocycles. The average Bonchev–Trinajstić information content (AvgIpc) is 2.53. The molecule has 2 N–H and O–H groups in total. The van der Waals surface area contributed by atoms with Gasteiger partial charge in [0.2, 0.25) is 0 Å². The lowest BCUT2D eigenvalue weighted by Crippen LogP contribution is -2.38. The van der Waals surface area contributed by atoms with Crippen molar-refractivity contribution < 1.29 is 14.3 Å². The van der Waals surface area contributed by atoms with Crippen molar-refractivity contribution in [3.05, 3.63) is 0 Å². The second-order valence-electron chi connectivity index (χ2n) is 3.11. The maximum absolute atomic E-state index is 11.5. The van der Waals surface area contributed by atoms with Gasteiger partial charge in [-0.3, -0.25) is 4.79 Å². The fourth-order valence-corrected chi connectivity index (χ4v) is 1.42. The van der Waals surface area contributed by atoms with Crippen molar-refractivity contribution in [2.45, 2.75) is 25.9 Å². The molecule has 1 heterocycles. The van der Waals surface area contributed by atoms with E-state index in [1.165, 1.54) is 6.92 Å². The maximum Gasteiger partial charge on any atom is 0.405 e. The van der Waals surface area contributed by atoms with E-state index in [-0.39, 0.29) is 5.91 Å². The van der Waals surface area contributed by atoms with E-state index >= 15 is 0 Å². The van der Waals surface area contributed by atoms with E-state index in [1.807, 2.05) is 0 Å². The largest absolute Gasteiger partial charge is 0.437 e. The summed E-state index contributed by atoms with van der Waals surface area (Å²) in [6.07, 6.45) is 0.389. The molecule has 1 aliphatic rings. The molecule has 1 fully saturated rings. The van der Waals surface area contributed by atoms with Gasteiger partial charge in [0.15, 0.2) is 6.10 Å². The smallest absolute Gasteiger partial charge is 0.405 e. The minimum absolute atomic E-state index is 0.156. The van der Waals surface area contributed by atoms with E-state index in [4.69, 9.17) is 5.73 Å². The molecular formula is C8H14N2O3. The van der Waals surface area contributed by atoms with Crippen molar-refractivity contribution in [3.63, 3.8) is 0 Å². The van der Waals surface area contributed by atoms with E-state index in [9.17, 15) is 9.59 Å². The summed E-state index contributed by atoms with van der Waals surface area (Å²) in [7, 11) is 0. The molecule has 1 atom stereocenters. The van der Waals surface area contributed by atoms with Crippen LogP contribution in [-0.4, -0.2) is 36.1 Å². The zero-order chi connectivity index (χ0) is 9.84. The lowest BCUT2D eigenvalue weighted by atomic mass is 10.3.